The number of carbonyl (C=O) groups excluding carboxylic acids is 2. The van der Waals surface area contributed by atoms with Gasteiger partial charge in [-0.25, -0.2) is 9.59 Å². The van der Waals surface area contributed by atoms with Crippen LogP contribution in [0.1, 0.15) is 27.7 Å². The molecule has 6 heteroatoms. The second-order valence-corrected chi connectivity index (χ2v) is 5.24. The number of esters is 1. The highest BCUT2D eigenvalue weighted by Crippen LogP contribution is 2.12. The fraction of sp³-hybridized carbons (Fsp3) is 0.467. The molecule has 116 valence electrons. The first-order valence-corrected chi connectivity index (χ1v) is 6.42. The molecule has 0 radical (unpaired) electrons. The molecule has 0 heterocycles. The number of ether oxygens (including phenoxy) is 2. The average Bonchev–Trinajstić information content (AvgIpc) is 2.47. The van der Waals surface area contributed by atoms with E-state index in [2.05, 4.69) is 10.1 Å². The van der Waals surface area contributed by atoms with E-state index in [9.17, 15) is 14.7 Å². The van der Waals surface area contributed by atoms with Gasteiger partial charge >= 0.3 is 12.1 Å². The minimum absolute atomic E-state index is 0.0960. The first kappa shape index (κ1) is 15.2. The molecule has 0 aliphatic heterocycles. The summed E-state index contributed by atoms with van der Waals surface area (Å²) in [6.07, 6.45) is -0.588. The maximum absolute atomic E-state index is 11.8. The zero-order chi connectivity index (χ0) is 16.8. The summed E-state index contributed by atoms with van der Waals surface area (Å²) < 4.78 is 17.0. The van der Waals surface area contributed by atoms with Crippen LogP contribution in [-0.2, 0) is 20.7 Å². The SMILES string of the molecule is [2H]CC(C)(C)OC(=O)N[C@@H](Cc1ccc(O)cc1)C(=O)OC. The number of benzene rings is 1. The summed E-state index contributed by atoms with van der Waals surface area (Å²) in [4.78, 5) is 23.6. The Morgan fingerprint density at radius 1 is 1.38 bits per heavy atom. The second kappa shape index (κ2) is 6.97. The largest absolute Gasteiger partial charge is 0.508 e. The van der Waals surface area contributed by atoms with E-state index < -0.39 is 23.7 Å². The highest BCUT2D eigenvalue weighted by molar-refractivity contribution is 5.81. The third-order valence-corrected chi connectivity index (χ3v) is 2.52. The Hall–Kier alpha value is -2.24. The van der Waals surface area contributed by atoms with Gasteiger partial charge in [-0.3, -0.25) is 0 Å². The molecule has 6 nitrogen and oxygen atoms in total. The van der Waals surface area contributed by atoms with Crippen molar-refractivity contribution < 1.29 is 25.5 Å². The Bertz CT molecular complexity index is 515. The van der Waals surface area contributed by atoms with Crippen molar-refractivity contribution in [2.75, 3.05) is 7.11 Å². The summed E-state index contributed by atoms with van der Waals surface area (Å²) in [5.74, 6) is -0.489. The normalized spacial score (nSPS) is 13.0. The van der Waals surface area contributed by atoms with Crippen molar-refractivity contribution in [1.29, 1.82) is 0 Å². The molecule has 0 saturated heterocycles. The number of rotatable bonds is 4. The lowest BCUT2D eigenvalue weighted by atomic mass is 10.1. The number of methoxy groups -OCH3 is 1. The van der Waals surface area contributed by atoms with Gasteiger partial charge in [0.25, 0.3) is 0 Å². The van der Waals surface area contributed by atoms with E-state index in [0.29, 0.717) is 0 Å². The Balaban J connectivity index is 2.74. The van der Waals surface area contributed by atoms with Crippen LogP contribution in [-0.4, -0.2) is 35.9 Å². The number of amides is 1. The first-order valence-electron chi connectivity index (χ1n) is 7.12. The molecule has 0 spiro atoms. The van der Waals surface area contributed by atoms with Crippen LogP contribution in [0.2, 0.25) is 0 Å². The van der Waals surface area contributed by atoms with Crippen molar-refractivity contribution in [2.24, 2.45) is 0 Å². The quantitative estimate of drug-likeness (QED) is 0.830. The number of aromatic hydroxyl groups is 1. The Labute approximate surface area is 125 Å². The number of hydrogen-bond acceptors (Lipinski definition) is 5. The molecule has 1 aromatic carbocycles. The first-order chi connectivity index (χ1) is 10.3. The van der Waals surface area contributed by atoms with Crippen LogP contribution in [0.3, 0.4) is 0 Å². The summed E-state index contributed by atoms with van der Waals surface area (Å²) in [5, 5.41) is 11.7. The summed E-state index contributed by atoms with van der Waals surface area (Å²) in [6.45, 7) is 3.11. The van der Waals surface area contributed by atoms with Crippen molar-refractivity contribution >= 4 is 12.1 Å². The standard InChI is InChI=1S/C15H21NO5/c1-15(2,3)21-14(19)16-12(13(18)20-4)9-10-5-7-11(17)8-6-10/h5-8,12,17H,9H2,1-4H3,(H,16,19)/t12-/m0/s1/i1D. The van der Waals surface area contributed by atoms with Crippen LogP contribution in [0.4, 0.5) is 4.79 Å². The molecule has 0 saturated carbocycles. The van der Waals surface area contributed by atoms with E-state index in [4.69, 9.17) is 6.11 Å². The maximum atomic E-state index is 11.8. The predicted molar refractivity (Wildman–Crippen MR) is 77.0 cm³/mol. The van der Waals surface area contributed by atoms with Crippen molar-refractivity contribution in [3.63, 3.8) is 0 Å². The van der Waals surface area contributed by atoms with Crippen LogP contribution >= 0.6 is 0 Å². The number of phenols is 1. The number of phenolic OH excluding ortho intramolecular Hbond substituents is 1. The molecule has 1 atom stereocenters. The summed E-state index contributed by atoms with van der Waals surface area (Å²) >= 11 is 0. The van der Waals surface area contributed by atoms with Crippen molar-refractivity contribution in [2.45, 2.75) is 38.8 Å². The number of carbonyl (C=O) groups is 2. The van der Waals surface area contributed by atoms with E-state index >= 15 is 0 Å². The molecule has 0 aromatic heterocycles. The lowest BCUT2D eigenvalue weighted by molar-refractivity contribution is -0.143. The van der Waals surface area contributed by atoms with E-state index in [1.165, 1.54) is 19.2 Å². The zero-order valence-electron chi connectivity index (χ0n) is 13.4. The number of alkyl carbamates (subject to hydrolysis) is 1. The third kappa shape index (κ3) is 6.16. The van der Waals surface area contributed by atoms with Gasteiger partial charge in [0, 0.05) is 7.79 Å². The van der Waals surface area contributed by atoms with Crippen LogP contribution < -0.4 is 5.32 Å². The fourth-order valence-corrected chi connectivity index (χ4v) is 1.63. The van der Waals surface area contributed by atoms with Gasteiger partial charge in [0.05, 0.1) is 7.11 Å². The lowest BCUT2D eigenvalue weighted by Crippen LogP contribution is -2.45. The van der Waals surface area contributed by atoms with Gasteiger partial charge in [-0.15, -0.1) is 0 Å². The number of hydrogen-bond donors (Lipinski definition) is 2. The van der Waals surface area contributed by atoms with Gasteiger partial charge in [0.1, 0.15) is 17.4 Å². The minimum Gasteiger partial charge on any atom is -0.508 e. The van der Waals surface area contributed by atoms with Gasteiger partial charge < -0.3 is 19.9 Å². The van der Waals surface area contributed by atoms with E-state index in [-0.39, 0.29) is 19.1 Å². The highest BCUT2D eigenvalue weighted by atomic mass is 16.6. The van der Waals surface area contributed by atoms with Gasteiger partial charge in [0.15, 0.2) is 0 Å². The zero-order valence-corrected chi connectivity index (χ0v) is 12.4. The van der Waals surface area contributed by atoms with Crippen molar-refractivity contribution in [3.8, 4) is 5.75 Å². The summed E-state index contributed by atoms with van der Waals surface area (Å²) in [7, 11) is 1.23. The monoisotopic (exact) mass is 296 g/mol. The van der Waals surface area contributed by atoms with E-state index in [0.717, 1.165) is 5.56 Å². The molecule has 0 bridgehead atoms. The molecule has 0 aliphatic rings. The predicted octanol–water partition coefficient (Wildman–Crippen LogP) is 2.00. The Morgan fingerprint density at radius 2 is 2.00 bits per heavy atom. The topological polar surface area (TPSA) is 84.9 Å². The second-order valence-electron chi connectivity index (χ2n) is 5.24. The maximum Gasteiger partial charge on any atom is 0.408 e. The molecule has 1 aromatic rings. The molecule has 1 rings (SSSR count). The van der Waals surface area contributed by atoms with Crippen LogP contribution in [0.5, 0.6) is 5.75 Å². The van der Waals surface area contributed by atoms with Crippen LogP contribution in [0.25, 0.3) is 0 Å². The van der Waals surface area contributed by atoms with Gasteiger partial charge in [-0.05, 0) is 38.4 Å². The van der Waals surface area contributed by atoms with E-state index in [1.54, 1.807) is 26.0 Å². The smallest absolute Gasteiger partial charge is 0.408 e. The Morgan fingerprint density at radius 3 is 2.52 bits per heavy atom. The van der Waals surface area contributed by atoms with E-state index in [1.807, 2.05) is 0 Å². The average molecular weight is 296 g/mol. The molecule has 0 aliphatic carbocycles. The third-order valence-electron chi connectivity index (χ3n) is 2.52. The minimum atomic E-state index is -0.941. The number of nitrogens with one attached hydrogen (secondary N) is 1. The fourth-order valence-electron chi connectivity index (χ4n) is 1.63. The Kier molecular flexibility index (Phi) is 5.03. The molecular weight excluding hydrogens is 274 g/mol. The van der Waals surface area contributed by atoms with Crippen molar-refractivity contribution in [3.05, 3.63) is 29.8 Å². The van der Waals surface area contributed by atoms with Gasteiger partial charge in [-0.1, -0.05) is 12.1 Å². The van der Waals surface area contributed by atoms with Crippen molar-refractivity contribution in [1.82, 2.24) is 5.32 Å². The van der Waals surface area contributed by atoms with Gasteiger partial charge in [-0.2, -0.15) is 0 Å². The lowest BCUT2D eigenvalue weighted by Gasteiger charge is -2.22. The van der Waals surface area contributed by atoms with Crippen LogP contribution in [0, 0.1) is 0 Å². The molecule has 21 heavy (non-hydrogen) atoms. The molecular formula is C15H21NO5. The molecule has 0 fully saturated rings. The van der Waals surface area contributed by atoms with Crippen LogP contribution in [0.15, 0.2) is 24.3 Å². The highest BCUT2D eigenvalue weighted by Gasteiger charge is 2.25. The molecule has 0 unspecified atom stereocenters. The summed E-state index contributed by atoms with van der Waals surface area (Å²) in [5.41, 5.74) is -0.197. The molecule has 1 amide bonds. The van der Waals surface area contributed by atoms with Gasteiger partial charge in [0.2, 0.25) is 0 Å². The molecule has 2 N–H and O–H groups in total. The summed E-state index contributed by atoms with van der Waals surface area (Å²) in [6, 6.07) is 5.36.